The first-order chi connectivity index (χ1) is 14.2. The Morgan fingerprint density at radius 1 is 1.03 bits per heavy atom. The van der Waals surface area contributed by atoms with Crippen molar-refractivity contribution in [3.8, 4) is 29.6 Å². The Morgan fingerprint density at radius 2 is 1.80 bits per heavy atom. The zero-order valence-corrected chi connectivity index (χ0v) is 20.1. The van der Waals surface area contributed by atoms with Gasteiger partial charge in [0.25, 0.3) is 0 Å². The van der Waals surface area contributed by atoms with Gasteiger partial charge in [0, 0.05) is 13.1 Å². The van der Waals surface area contributed by atoms with Crippen molar-refractivity contribution in [2.24, 2.45) is 4.99 Å². The molecule has 6 nitrogen and oxygen atoms in total. The van der Waals surface area contributed by atoms with Crippen LogP contribution in [0.1, 0.15) is 18.1 Å². The molecule has 2 N–H and O–H groups in total. The van der Waals surface area contributed by atoms with Gasteiger partial charge < -0.3 is 24.8 Å². The predicted molar refractivity (Wildman–Crippen MR) is 132 cm³/mol. The number of para-hydroxylation sites is 1. The van der Waals surface area contributed by atoms with Crippen LogP contribution in [-0.4, -0.2) is 39.9 Å². The Kier molecular flexibility index (Phi) is 12.2. The lowest BCUT2D eigenvalue weighted by Gasteiger charge is -2.13. The number of hydrogen-bond acceptors (Lipinski definition) is 4. The number of hydrogen-bond donors (Lipinski definition) is 2. The van der Waals surface area contributed by atoms with Gasteiger partial charge in [-0.25, -0.2) is 4.99 Å². The summed E-state index contributed by atoms with van der Waals surface area (Å²) < 4.78 is 16.3. The quantitative estimate of drug-likeness (QED) is 0.216. The van der Waals surface area contributed by atoms with E-state index in [9.17, 15) is 0 Å². The molecule has 0 saturated heterocycles. The molecule has 0 aliphatic rings. The van der Waals surface area contributed by atoms with Crippen LogP contribution in [0.3, 0.4) is 0 Å². The van der Waals surface area contributed by atoms with Crippen molar-refractivity contribution >= 4 is 29.9 Å². The summed E-state index contributed by atoms with van der Waals surface area (Å²) in [7, 11) is 3.29. The topological polar surface area (TPSA) is 64.1 Å². The van der Waals surface area contributed by atoms with Gasteiger partial charge in [0.15, 0.2) is 17.5 Å². The first kappa shape index (κ1) is 25.4. The molecule has 0 saturated carbocycles. The molecule has 2 aromatic carbocycles. The predicted octanol–water partition coefficient (Wildman–Crippen LogP) is 3.63. The molecule has 0 aromatic heterocycles. The summed E-state index contributed by atoms with van der Waals surface area (Å²) in [6.45, 7) is 4.25. The van der Waals surface area contributed by atoms with E-state index in [2.05, 4.69) is 27.6 Å². The van der Waals surface area contributed by atoms with E-state index in [4.69, 9.17) is 20.6 Å². The van der Waals surface area contributed by atoms with E-state index >= 15 is 0 Å². The van der Waals surface area contributed by atoms with E-state index < -0.39 is 0 Å². The highest BCUT2D eigenvalue weighted by molar-refractivity contribution is 14.0. The Labute approximate surface area is 196 Å². The first-order valence-corrected chi connectivity index (χ1v) is 9.59. The first-order valence-electron chi connectivity index (χ1n) is 9.59. The molecule has 162 valence electrons. The molecule has 0 unspecified atom stereocenters. The molecule has 0 spiro atoms. The number of ether oxygens (including phenoxy) is 3. The molecular weight excluding hydrogens is 493 g/mol. The normalized spacial score (nSPS) is 10.4. The number of aliphatic imine (C=N–C) groups is 1. The summed E-state index contributed by atoms with van der Waals surface area (Å²) in [6.07, 6.45) is 6.12. The number of benzene rings is 2. The SMILES string of the molecule is C#CCOc1cc(CN=C(NCC)NCCc2ccccc2OC)ccc1OC.I. The molecule has 0 bridgehead atoms. The Bertz CT molecular complexity index is 850. The molecule has 0 amide bonds. The average Bonchev–Trinajstić information content (AvgIpc) is 2.76. The second-order valence-corrected chi connectivity index (χ2v) is 6.16. The van der Waals surface area contributed by atoms with Gasteiger partial charge in [-0.1, -0.05) is 30.2 Å². The van der Waals surface area contributed by atoms with Crippen molar-refractivity contribution in [1.82, 2.24) is 10.6 Å². The molecule has 0 aliphatic heterocycles. The Balaban J connectivity index is 0.00000450. The van der Waals surface area contributed by atoms with E-state index in [1.165, 1.54) is 0 Å². The number of halogens is 1. The van der Waals surface area contributed by atoms with Crippen molar-refractivity contribution in [2.75, 3.05) is 33.9 Å². The van der Waals surface area contributed by atoms with E-state index in [0.717, 1.165) is 42.3 Å². The van der Waals surface area contributed by atoms with Gasteiger partial charge in [-0.3, -0.25) is 0 Å². The molecule has 2 aromatic rings. The van der Waals surface area contributed by atoms with Crippen molar-refractivity contribution in [3.05, 3.63) is 53.6 Å². The second-order valence-electron chi connectivity index (χ2n) is 6.16. The van der Waals surface area contributed by atoms with Gasteiger partial charge in [-0.05, 0) is 42.7 Å². The number of guanidine groups is 1. The zero-order valence-electron chi connectivity index (χ0n) is 17.7. The maximum absolute atomic E-state index is 5.56. The Hall–Kier alpha value is -2.60. The lowest BCUT2D eigenvalue weighted by molar-refractivity contribution is 0.330. The summed E-state index contributed by atoms with van der Waals surface area (Å²) >= 11 is 0. The Morgan fingerprint density at radius 3 is 2.50 bits per heavy atom. The van der Waals surface area contributed by atoms with Gasteiger partial charge in [0.05, 0.1) is 20.8 Å². The number of terminal acetylenes is 1. The molecular formula is C23H30IN3O3. The minimum atomic E-state index is 0. The standard InChI is InChI=1S/C23H29N3O3.HI/c1-5-15-29-22-16-18(11-12-21(22)28-4)17-26-23(24-6-2)25-14-13-19-9-7-8-10-20(19)27-3;/h1,7-12,16H,6,13-15,17H2,2-4H3,(H2,24,25,26);1H. The largest absolute Gasteiger partial charge is 0.496 e. The molecule has 0 heterocycles. The zero-order chi connectivity index (χ0) is 20.9. The van der Waals surface area contributed by atoms with E-state index in [0.29, 0.717) is 18.0 Å². The van der Waals surface area contributed by atoms with Crippen LogP contribution in [0.5, 0.6) is 17.2 Å². The maximum Gasteiger partial charge on any atom is 0.191 e. The van der Waals surface area contributed by atoms with Crippen LogP contribution >= 0.6 is 24.0 Å². The van der Waals surface area contributed by atoms with Crippen LogP contribution in [0.15, 0.2) is 47.5 Å². The van der Waals surface area contributed by atoms with Crippen LogP contribution in [0.2, 0.25) is 0 Å². The summed E-state index contributed by atoms with van der Waals surface area (Å²) in [4.78, 5) is 4.66. The highest BCUT2D eigenvalue weighted by atomic mass is 127. The van der Waals surface area contributed by atoms with Crippen molar-refractivity contribution in [3.63, 3.8) is 0 Å². The molecule has 0 aliphatic carbocycles. The van der Waals surface area contributed by atoms with Gasteiger partial charge in [-0.2, -0.15) is 0 Å². The van der Waals surface area contributed by atoms with Gasteiger partial charge in [0.2, 0.25) is 0 Å². The highest BCUT2D eigenvalue weighted by Crippen LogP contribution is 2.28. The third kappa shape index (κ3) is 8.03. The third-order valence-electron chi connectivity index (χ3n) is 4.18. The van der Waals surface area contributed by atoms with Gasteiger partial charge >= 0.3 is 0 Å². The maximum atomic E-state index is 5.56. The molecule has 0 atom stereocenters. The third-order valence-corrected chi connectivity index (χ3v) is 4.18. The molecule has 0 radical (unpaired) electrons. The van der Waals surface area contributed by atoms with Gasteiger partial charge in [-0.15, -0.1) is 30.4 Å². The van der Waals surface area contributed by atoms with Crippen LogP contribution in [0.4, 0.5) is 0 Å². The van der Waals surface area contributed by atoms with Crippen molar-refractivity contribution < 1.29 is 14.2 Å². The van der Waals surface area contributed by atoms with Crippen LogP contribution < -0.4 is 24.8 Å². The van der Waals surface area contributed by atoms with E-state index in [-0.39, 0.29) is 30.6 Å². The van der Waals surface area contributed by atoms with E-state index in [1.54, 1.807) is 14.2 Å². The molecule has 30 heavy (non-hydrogen) atoms. The fourth-order valence-electron chi connectivity index (χ4n) is 2.79. The summed E-state index contributed by atoms with van der Waals surface area (Å²) in [5, 5.41) is 6.63. The van der Waals surface area contributed by atoms with Crippen molar-refractivity contribution in [1.29, 1.82) is 0 Å². The van der Waals surface area contributed by atoms with Crippen LogP contribution in [0.25, 0.3) is 0 Å². The fraction of sp³-hybridized carbons (Fsp3) is 0.348. The number of methoxy groups -OCH3 is 2. The van der Waals surface area contributed by atoms with Crippen LogP contribution in [-0.2, 0) is 13.0 Å². The summed E-state index contributed by atoms with van der Waals surface area (Å²) in [5.74, 6) is 5.38. The lowest BCUT2D eigenvalue weighted by Crippen LogP contribution is -2.38. The highest BCUT2D eigenvalue weighted by Gasteiger charge is 2.06. The molecule has 2 rings (SSSR count). The fourth-order valence-corrected chi connectivity index (χ4v) is 2.79. The minimum Gasteiger partial charge on any atom is -0.496 e. The molecule has 0 fully saturated rings. The minimum absolute atomic E-state index is 0. The summed E-state index contributed by atoms with van der Waals surface area (Å²) in [5.41, 5.74) is 2.16. The van der Waals surface area contributed by atoms with E-state index in [1.807, 2.05) is 43.3 Å². The molecule has 7 heteroatoms. The number of nitrogens with one attached hydrogen (secondary N) is 2. The summed E-state index contributed by atoms with van der Waals surface area (Å²) in [6, 6.07) is 13.7. The second kappa shape index (κ2) is 14.4. The van der Waals surface area contributed by atoms with Crippen molar-refractivity contribution in [2.45, 2.75) is 19.9 Å². The monoisotopic (exact) mass is 523 g/mol. The smallest absolute Gasteiger partial charge is 0.191 e. The number of nitrogens with zero attached hydrogens (tertiary/aromatic N) is 1. The van der Waals surface area contributed by atoms with Crippen LogP contribution in [0, 0.1) is 12.3 Å². The average molecular weight is 523 g/mol. The number of rotatable bonds is 10. The lowest BCUT2D eigenvalue weighted by atomic mass is 10.1. The van der Waals surface area contributed by atoms with Gasteiger partial charge in [0.1, 0.15) is 12.4 Å².